The van der Waals surface area contributed by atoms with Crippen LogP contribution in [-0.4, -0.2) is 34.6 Å². The van der Waals surface area contributed by atoms with Gasteiger partial charge in [0.2, 0.25) is 5.91 Å². The van der Waals surface area contributed by atoms with E-state index in [1.807, 2.05) is 6.92 Å². The highest BCUT2D eigenvalue weighted by Gasteiger charge is 2.27. The number of hydrogen-bond donors (Lipinski definition) is 1. The van der Waals surface area contributed by atoms with Crippen LogP contribution in [0, 0.1) is 6.92 Å². The molecule has 0 radical (unpaired) electrons. The summed E-state index contributed by atoms with van der Waals surface area (Å²) in [7, 11) is -2.49. The Labute approximate surface area is 188 Å². The van der Waals surface area contributed by atoms with Crippen molar-refractivity contribution in [2.45, 2.75) is 18.7 Å². The number of methoxy groups -OCH3 is 1. The summed E-state index contributed by atoms with van der Waals surface area (Å²) in [6, 6.07) is 20.1. The van der Waals surface area contributed by atoms with Gasteiger partial charge < -0.3 is 14.8 Å². The molecule has 1 N–H and O–H groups in total. The normalized spacial score (nSPS) is 11.0. The molecule has 0 fully saturated rings. The molecule has 0 bridgehead atoms. The Hall–Kier alpha value is -3.52. The lowest BCUT2D eigenvalue weighted by atomic mass is 10.2. The molecule has 3 aromatic carbocycles. The molecule has 0 aromatic heterocycles. The molecule has 0 aliphatic rings. The van der Waals surface area contributed by atoms with E-state index in [1.54, 1.807) is 67.6 Å². The number of nitrogens with one attached hydrogen (secondary N) is 1. The van der Waals surface area contributed by atoms with Gasteiger partial charge in [0.25, 0.3) is 10.0 Å². The molecule has 168 valence electrons. The van der Waals surface area contributed by atoms with E-state index in [0.29, 0.717) is 35.0 Å². The van der Waals surface area contributed by atoms with Crippen molar-refractivity contribution in [3.05, 3.63) is 78.4 Å². The van der Waals surface area contributed by atoms with E-state index in [-0.39, 0.29) is 4.90 Å². The van der Waals surface area contributed by atoms with E-state index in [2.05, 4.69) is 5.32 Å². The van der Waals surface area contributed by atoms with Gasteiger partial charge in [0.05, 0.1) is 24.3 Å². The van der Waals surface area contributed by atoms with Gasteiger partial charge in [-0.25, -0.2) is 8.42 Å². The highest BCUT2D eigenvalue weighted by molar-refractivity contribution is 7.92. The quantitative estimate of drug-likeness (QED) is 0.523. The van der Waals surface area contributed by atoms with Crippen LogP contribution in [0.5, 0.6) is 11.5 Å². The fraction of sp³-hybridized carbons (Fsp3) is 0.208. The zero-order valence-corrected chi connectivity index (χ0v) is 19.1. The second-order valence-corrected chi connectivity index (χ2v) is 8.85. The first-order valence-electron chi connectivity index (χ1n) is 10.1. The number of nitrogens with zero attached hydrogens (tertiary/aromatic N) is 1. The van der Waals surface area contributed by atoms with Crippen molar-refractivity contribution in [1.82, 2.24) is 0 Å². The number of carbonyl (C=O) groups is 1. The van der Waals surface area contributed by atoms with Crippen LogP contribution in [-0.2, 0) is 14.8 Å². The Morgan fingerprint density at radius 1 is 1.00 bits per heavy atom. The number of ether oxygens (including phenoxy) is 2. The Morgan fingerprint density at radius 3 is 2.41 bits per heavy atom. The minimum atomic E-state index is -4.01. The second kappa shape index (κ2) is 10.2. The molecule has 7 nitrogen and oxygen atoms in total. The Bertz CT molecular complexity index is 1180. The van der Waals surface area contributed by atoms with Crippen molar-refractivity contribution in [2.75, 3.05) is 29.9 Å². The minimum Gasteiger partial charge on any atom is -0.496 e. The average Bonchev–Trinajstić information content (AvgIpc) is 2.78. The van der Waals surface area contributed by atoms with Crippen LogP contribution >= 0.6 is 0 Å². The van der Waals surface area contributed by atoms with Gasteiger partial charge in [-0.3, -0.25) is 9.10 Å². The molecule has 32 heavy (non-hydrogen) atoms. The zero-order valence-electron chi connectivity index (χ0n) is 18.2. The summed E-state index contributed by atoms with van der Waals surface area (Å²) >= 11 is 0. The van der Waals surface area contributed by atoms with Gasteiger partial charge in [-0.1, -0.05) is 24.3 Å². The number of sulfonamides is 1. The molecule has 8 heteroatoms. The van der Waals surface area contributed by atoms with Gasteiger partial charge >= 0.3 is 0 Å². The first kappa shape index (κ1) is 23.1. The first-order chi connectivity index (χ1) is 15.3. The second-order valence-electron chi connectivity index (χ2n) is 6.99. The maximum atomic E-state index is 13.5. The highest BCUT2D eigenvalue weighted by atomic mass is 32.2. The van der Waals surface area contributed by atoms with Crippen LogP contribution in [0.15, 0.2) is 77.7 Å². The van der Waals surface area contributed by atoms with Crippen molar-refractivity contribution >= 4 is 27.3 Å². The maximum Gasteiger partial charge on any atom is 0.264 e. The smallest absolute Gasteiger partial charge is 0.264 e. The number of para-hydroxylation sites is 1. The van der Waals surface area contributed by atoms with Gasteiger partial charge in [0.1, 0.15) is 18.0 Å². The molecule has 3 aromatic rings. The van der Waals surface area contributed by atoms with Crippen LogP contribution in [0.1, 0.15) is 12.5 Å². The highest BCUT2D eigenvalue weighted by Crippen LogP contribution is 2.27. The van der Waals surface area contributed by atoms with Gasteiger partial charge in [-0.05, 0) is 61.9 Å². The van der Waals surface area contributed by atoms with Crippen LogP contribution in [0.25, 0.3) is 0 Å². The molecule has 0 heterocycles. The third-order valence-corrected chi connectivity index (χ3v) is 6.48. The number of anilines is 2. The van der Waals surface area contributed by atoms with Gasteiger partial charge in [0.15, 0.2) is 0 Å². The lowest BCUT2D eigenvalue weighted by Crippen LogP contribution is -2.38. The molecule has 0 aliphatic carbocycles. The number of rotatable bonds is 9. The molecule has 3 rings (SSSR count). The van der Waals surface area contributed by atoms with E-state index < -0.39 is 22.5 Å². The van der Waals surface area contributed by atoms with Crippen molar-refractivity contribution in [1.29, 1.82) is 0 Å². The molecule has 1 amide bonds. The third-order valence-electron chi connectivity index (χ3n) is 4.71. The Kier molecular flexibility index (Phi) is 7.37. The summed E-state index contributed by atoms with van der Waals surface area (Å²) in [6.07, 6.45) is 0. The van der Waals surface area contributed by atoms with Crippen LogP contribution in [0.4, 0.5) is 11.4 Å². The van der Waals surface area contributed by atoms with Crippen LogP contribution < -0.4 is 19.1 Å². The number of amides is 1. The van der Waals surface area contributed by atoms with Crippen molar-refractivity contribution in [3.8, 4) is 11.5 Å². The van der Waals surface area contributed by atoms with E-state index in [4.69, 9.17) is 9.47 Å². The molecular formula is C24H26N2O5S. The predicted octanol–water partition coefficient (Wildman–Crippen LogP) is 4.24. The fourth-order valence-corrected chi connectivity index (χ4v) is 4.72. The predicted molar refractivity (Wildman–Crippen MR) is 125 cm³/mol. The van der Waals surface area contributed by atoms with Crippen molar-refractivity contribution in [3.63, 3.8) is 0 Å². The van der Waals surface area contributed by atoms with Crippen molar-refractivity contribution in [2.24, 2.45) is 0 Å². The number of benzene rings is 3. The maximum absolute atomic E-state index is 13.5. The Morgan fingerprint density at radius 2 is 1.75 bits per heavy atom. The molecule has 0 atom stereocenters. The summed E-state index contributed by atoms with van der Waals surface area (Å²) in [6.45, 7) is 3.74. The van der Waals surface area contributed by atoms with E-state index in [0.717, 1.165) is 4.31 Å². The summed E-state index contributed by atoms with van der Waals surface area (Å²) in [5.41, 5.74) is 1.59. The standard InChI is InChI=1S/C24H26N2O5S/c1-4-31-21-12-8-9-19(16-21)25-24(27)17-26(20-10-6-5-7-11-20)32(28,29)22-13-14-23(30-3)18(2)15-22/h5-16H,4,17H2,1-3H3,(H,25,27). The van der Waals surface area contributed by atoms with Crippen molar-refractivity contribution < 1.29 is 22.7 Å². The molecule has 0 spiro atoms. The van der Waals surface area contributed by atoms with E-state index in [1.165, 1.54) is 19.2 Å². The molecule has 0 unspecified atom stereocenters. The first-order valence-corrected chi connectivity index (χ1v) is 11.5. The Balaban J connectivity index is 1.90. The summed E-state index contributed by atoms with van der Waals surface area (Å²) in [5, 5.41) is 2.75. The average molecular weight is 455 g/mol. The monoisotopic (exact) mass is 454 g/mol. The topological polar surface area (TPSA) is 84.9 Å². The SMILES string of the molecule is CCOc1cccc(NC(=O)CN(c2ccccc2)S(=O)(=O)c2ccc(OC)c(C)c2)c1. The molecular weight excluding hydrogens is 428 g/mol. The largest absolute Gasteiger partial charge is 0.496 e. The lowest BCUT2D eigenvalue weighted by Gasteiger charge is -2.24. The third kappa shape index (κ3) is 5.39. The summed E-state index contributed by atoms with van der Waals surface area (Å²) in [4.78, 5) is 12.9. The van der Waals surface area contributed by atoms with E-state index in [9.17, 15) is 13.2 Å². The minimum absolute atomic E-state index is 0.0748. The summed E-state index contributed by atoms with van der Waals surface area (Å²) in [5.74, 6) is 0.727. The van der Waals surface area contributed by atoms with Gasteiger partial charge in [0, 0.05) is 11.8 Å². The molecule has 0 saturated carbocycles. The van der Waals surface area contributed by atoms with Gasteiger partial charge in [-0.15, -0.1) is 0 Å². The van der Waals surface area contributed by atoms with Crippen LogP contribution in [0.2, 0.25) is 0 Å². The fourth-order valence-electron chi connectivity index (χ4n) is 3.21. The molecule has 0 aliphatic heterocycles. The lowest BCUT2D eigenvalue weighted by molar-refractivity contribution is -0.114. The number of carbonyl (C=O) groups excluding carboxylic acids is 1. The number of aryl methyl sites for hydroxylation is 1. The summed E-state index contributed by atoms with van der Waals surface area (Å²) < 4.78 is 38.8. The van der Waals surface area contributed by atoms with Crippen LogP contribution in [0.3, 0.4) is 0 Å². The zero-order chi connectivity index (χ0) is 23.1. The number of hydrogen-bond acceptors (Lipinski definition) is 5. The van der Waals surface area contributed by atoms with E-state index >= 15 is 0 Å². The van der Waals surface area contributed by atoms with Gasteiger partial charge in [-0.2, -0.15) is 0 Å². The molecule has 0 saturated heterocycles.